The molecule has 1 amide bonds. The Balaban J connectivity index is 1.70. The molecule has 2 heterocycles. The molecule has 1 aliphatic heterocycles. The van der Waals surface area contributed by atoms with Gasteiger partial charge in [-0.25, -0.2) is 4.39 Å². The first-order valence-corrected chi connectivity index (χ1v) is 7.67. The van der Waals surface area contributed by atoms with Gasteiger partial charge in [-0.1, -0.05) is 24.2 Å². The number of aromatic nitrogens is 2. The number of hydrogen-bond acceptors (Lipinski definition) is 5. The van der Waals surface area contributed by atoms with Crippen molar-refractivity contribution in [1.82, 2.24) is 15.0 Å². The van der Waals surface area contributed by atoms with E-state index in [0.29, 0.717) is 43.3 Å². The van der Waals surface area contributed by atoms with Crippen molar-refractivity contribution in [3.8, 4) is 0 Å². The van der Waals surface area contributed by atoms with Crippen LogP contribution in [0.2, 0.25) is 0 Å². The maximum atomic E-state index is 13.9. The summed E-state index contributed by atoms with van der Waals surface area (Å²) >= 11 is 0. The molecule has 7 heteroatoms. The van der Waals surface area contributed by atoms with Crippen LogP contribution in [0.25, 0.3) is 0 Å². The molecular weight excluding hydrogens is 299 g/mol. The second-order valence-electron chi connectivity index (χ2n) is 5.62. The lowest BCUT2D eigenvalue weighted by Crippen LogP contribution is -2.39. The van der Waals surface area contributed by atoms with Gasteiger partial charge < -0.3 is 9.42 Å². The minimum atomic E-state index is -0.380. The van der Waals surface area contributed by atoms with Crippen LogP contribution in [-0.2, 0) is 17.8 Å². The van der Waals surface area contributed by atoms with Gasteiger partial charge in [0.15, 0.2) is 5.82 Å². The van der Waals surface area contributed by atoms with E-state index in [1.54, 1.807) is 18.2 Å². The summed E-state index contributed by atoms with van der Waals surface area (Å²) in [6.45, 7) is 2.86. The van der Waals surface area contributed by atoms with Crippen molar-refractivity contribution in [3.63, 3.8) is 0 Å². The summed E-state index contributed by atoms with van der Waals surface area (Å²) in [6.07, 6.45) is 1.32. The fourth-order valence-electron chi connectivity index (χ4n) is 2.81. The molecule has 122 valence electrons. The van der Waals surface area contributed by atoms with Gasteiger partial charge in [-0.05, 0) is 25.6 Å². The smallest absolute Gasteiger partial charge is 0.244 e. The van der Waals surface area contributed by atoms with E-state index < -0.39 is 0 Å². The summed E-state index contributed by atoms with van der Waals surface area (Å²) < 4.78 is 19.0. The highest BCUT2D eigenvalue weighted by molar-refractivity contribution is 5.99. The van der Waals surface area contributed by atoms with Crippen molar-refractivity contribution in [3.05, 3.63) is 41.8 Å². The van der Waals surface area contributed by atoms with Crippen molar-refractivity contribution in [2.24, 2.45) is 0 Å². The van der Waals surface area contributed by atoms with Gasteiger partial charge in [-0.15, -0.1) is 0 Å². The maximum absolute atomic E-state index is 13.9. The Morgan fingerprint density at radius 1 is 1.43 bits per heavy atom. The maximum Gasteiger partial charge on any atom is 0.244 e. The first-order chi connectivity index (χ1) is 11.1. The number of benzene rings is 1. The summed E-state index contributed by atoms with van der Waals surface area (Å²) in [5.41, 5.74) is 0.334. The standard InChI is InChI=1S/C16H19FN4O2/c1-3-15-18-14(19-23-15)10-20(2)13-8-9-21(16(13)22)12-7-5-4-6-11(12)17/h4-7,13H,3,8-10H2,1-2H3/t13-/m1/s1. The third-order valence-corrected chi connectivity index (χ3v) is 4.06. The number of amides is 1. The molecule has 0 aliphatic carbocycles. The number of nitrogens with zero attached hydrogens (tertiary/aromatic N) is 4. The molecule has 1 fully saturated rings. The molecular formula is C16H19FN4O2. The quantitative estimate of drug-likeness (QED) is 0.844. The van der Waals surface area contributed by atoms with Crippen LogP contribution in [0.4, 0.5) is 10.1 Å². The van der Waals surface area contributed by atoms with Crippen LogP contribution in [-0.4, -0.2) is 40.6 Å². The van der Waals surface area contributed by atoms with E-state index in [1.807, 2.05) is 18.9 Å². The number of aryl methyl sites for hydroxylation is 1. The van der Waals surface area contributed by atoms with E-state index in [-0.39, 0.29) is 17.8 Å². The summed E-state index contributed by atoms with van der Waals surface area (Å²) in [5.74, 6) is 0.660. The van der Waals surface area contributed by atoms with Crippen LogP contribution < -0.4 is 4.90 Å². The van der Waals surface area contributed by atoms with Crippen molar-refractivity contribution in [1.29, 1.82) is 0 Å². The van der Waals surface area contributed by atoms with E-state index in [4.69, 9.17) is 4.52 Å². The molecule has 2 aromatic rings. The van der Waals surface area contributed by atoms with Crippen LogP contribution in [0.1, 0.15) is 25.1 Å². The first kappa shape index (κ1) is 15.6. The molecule has 6 nitrogen and oxygen atoms in total. The number of hydrogen-bond donors (Lipinski definition) is 0. The number of likely N-dealkylation sites (N-methyl/N-ethyl adjacent to an activating group) is 1. The highest BCUT2D eigenvalue weighted by Crippen LogP contribution is 2.26. The lowest BCUT2D eigenvalue weighted by atomic mass is 10.2. The average molecular weight is 318 g/mol. The number of anilines is 1. The molecule has 3 rings (SSSR count). The summed E-state index contributed by atoms with van der Waals surface area (Å²) in [5, 5.41) is 3.90. The van der Waals surface area contributed by atoms with Crippen LogP contribution in [0, 0.1) is 5.82 Å². The Hall–Kier alpha value is -2.28. The Labute approximate surface area is 133 Å². The highest BCUT2D eigenvalue weighted by Gasteiger charge is 2.36. The second-order valence-corrected chi connectivity index (χ2v) is 5.62. The molecule has 0 bridgehead atoms. The lowest BCUT2D eigenvalue weighted by Gasteiger charge is -2.22. The number of carbonyl (C=O) groups excluding carboxylic acids is 1. The van der Waals surface area contributed by atoms with Crippen molar-refractivity contribution < 1.29 is 13.7 Å². The van der Waals surface area contributed by atoms with Crippen LogP contribution in [0.3, 0.4) is 0 Å². The van der Waals surface area contributed by atoms with Gasteiger partial charge in [0.05, 0.1) is 18.3 Å². The van der Waals surface area contributed by atoms with Gasteiger partial charge in [-0.3, -0.25) is 9.69 Å². The minimum absolute atomic E-state index is 0.100. The third kappa shape index (κ3) is 3.10. The SMILES string of the molecule is CCc1nc(CN(C)[C@@H]2CCN(c3ccccc3F)C2=O)no1. The largest absolute Gasteiger partial charge is 0.339 e. The lowest BCUT2D eigenvalue weighted by molar-refractivity contribution is -0.121. The molecule has 0 saturated carbocycles. The predicted octanol–water partition coefficient (Wildman–Crippen LogP) is 2.01. The molecule has 23 heavy (non-hydrogen) atoms. The summed E-state index contributed by atoms with van der Waals surface area (Å²) in [6, 6.07) is 6.03. The molecule has 1 saturated heterocycles. The zero-order chi connectivity index (χ0) is 16.4. The zero-order valence-corrected chi connectivity index (χ0v) is 13.2. The molecule has 1 aliphatic rings. The summed E-state index contributed by atoms with van der Waals surface area (Å²) in [7, 11) is 1.84. The topological polar surface area (TPSA) is 62.5 Å². The first-order valence-electron chi connectivity index (χ1n) is 7.67. The fourth-order valence-corrected chi connectivity index (χ4v) is 2.81. The van der Waals surface area contributed by atoms with Crippen molar-refractivity contribution in [2.45, 2.75) is 32.4 Å². The van der Waals surface area contributed by atoms with Crippen LogP contribution in [0.5, 0.6) is 0 Å². The third-order valence-electron chi connectivity index (χ3n) is 4.06. The molecule has 1 atom stereocenters. The molecule has 0 spiro atoms. The zero-order valence-electron chi connectivity index (χ0n) is 13.2. The number of halogens is 1. The van der Waals surface area contributed by atoms with Crippen molar-refractivity contribution in [2.75, 3.05) is 18.5 Å². The Kier molecular flexibility index (Phi) is 4.38. The molecule has 0 N–H and O–H groups in total. The van der Waals surface area contributed by atoms with Crippen molar-refractivity contribution >= 4 is 11.6 Å². The second kappa shape index (κ2) is 6.45. The Morgan fingerprint density at radius 3 is 2.91 bits per heavy atom. The van der Waals surface area contributed by atoms with Gasteiger partial charge >= 0.3 is 0 Å². The van der Waals surface area contributed by atoms with E-state index in [9.17, 15) is 9.18 Å². The van der Waals surface area contributed by atoms with E-state index in [0.717, 1.165) is 0 Å². The van der Waals surface area contributed by atoms with Gasteiger partial charge in [-0.2, -0.15) is 4.98 Å². The van der Waals surface area contributed by atoms with Gasteiger partial charge in [0, 0.05) is 13.0 Å². The van der Waals surface area contributed by atoms with E-state index >= 15 is 0 Å². The number of para-hydroxylation sites is 1. The predicted molar refractivity (Wildman–Crippen MR) is 82.3 cm³/mol. The minimum Gasteiger partial charge on any atom is -0.339 e. The summed E-state index contributed by atoms with van der Waals surface area (Å²) in [4.78, 5) is 20.2. The van der Waals surface area contributed by atoms with E-state index in [2.05, 4.69) is 10.1 Å². The Bertz CT molecular complexity index is 703. The molecule has 1 aromatic heterocycles. The molecule has 0 radical (unpaired) electrons. The highest BCUT2D eigenvalue weighted by atomic mass is 19.1. The number of rotatable bonds is 5. The average Bonchev–Trinajstić information content (AvgIpc) is 3.14. The molecule has 0 unspecified atom stereocenters. The fraction of sp³-hybridized carbons (Fsp3) is 0.438. The van der Waals surface area contributed by atoms with Crippen LogP contribution in [0.15, 0.2) is 28.8 Å². The van der Waals surface area contributed by atoms with Gasteiger partial charge in [0.25, 0.3) is 0 Å². The van der Waals surface area contributed by atoms with E-state index in [1.165, 1.54) is 11.0 Å². The molecule has 1 aromatic carbocycles. The van der Waals surface area contributed by atoms with Gasteiger partial charge in [0.1, 0.15) is 5.82 Å². The van der Waals surface area contributed by atoms with Gasteiger partial charge in [0.2, 0.25) is 11.8 Å². The normalized spacial score (nSPS) is 18.2. The Morgan fingerprint density at radius 2 is 2.22 bits per heavy atom. The number of carbonyl (C=O) groups is 1. The monoisotopic (exact) mass is 318 g/mol. The van der Waals surface area contributed by atoms with Crippen LogP contribution >= 0.6 is 0 Å².